The predicted molar refractivity (Wildman–Crippen MR) is 159 cm³/mol. The standard InChI is InChI=1S/C26H30N7O3.C2H6N.CH3.Li/c1-16-21-15-28-26(30-24(21)33(19-6-4-5-7-19)25(36)23(16)17(2)34)29-22-9-8-20(14-27-22)32-12-10-31(11-13-32)18(3)35;1-2-3;;/h8-9,14-15,19H,3-7,10-13H2,1-2H3,(H,27,28,29,30);1-3H2;1H3;/q3*-1;+1. The summed E-state index contributed by atoms with van der Waals surface area (Å²) in [5.74, 6) is 0.536. The number of hydrogen-bond donors (Lipinski definition) is 2. The fourth-order valence-electron chi connectivity index (χ4n) is 5.28. The van der Waals surface area contributed by atoms with Crippen molar-refractivity contribution in [3.8, 4) is 0 Å². The maximum atomic E-state index is 13.4. The molecule has 4 heterocycles. The molecule has 2 fully saturated rings. The third kappa shape index (κ3) is 7.47. The van der Waals surface area contributed by atoms with Crippen molar-refractivity contribution in [3.63, 3.8) is 0 Å². The van der Waals surface area contributed by atoms with Crippen LogP contribution in [0.1, 0.15) is 54.6 Å². The van der Waals surface area contributed by atoms with Crippen LogP contribution in [0.15, 0.2) is 29.3 Å². The van der Waals surface area contributed by atoms with E-state index in [0.29, 0.717) is 48.0 Å². The molecule has 1 saturated heterocycles. The van der Waals surface area contributed by atoms with Crippen molar-refractivity contribution >= 4 is 40.2 Å². The van der Waals surface area contributed by atoms with E-state index in [2.05, 4.69) is 34.0 Å². The summed E-state index contributed by atoms with van der Waals surface area (Å²) in [6, 6.07) is 3.85. The normalized spacial score (nSPS) is 14.9. The molecule has 3 N–H and O–H groups in total. The number of rotatable bonds is 5. The molecule has 1 saturated carbocycles. The molecule has 0 bridgehead atoms. The Labute approximate surface area is 254 Å². The molecule has 5 rings (SSSR count). The molecule has 0 aromatic carbocycles. The van der Waals surface area contributed by atoms with Crippen molar-refractivity contribution in [2.75, 3.05) is 42.9 Å². The number of carbonyl (C=O) groups is 2. The zero-order valence-corrected chi connectivity index (χ0v) is 24.7. The second kappa shape index (κ2) is 15.0. The minimum Gasteiger partial charge on any atom is -0.367 e. The molecule has 41 heavy (non-hydrogen) atoms. The smallest absolute Gasteiger partial charge is 0.367 e. The molecule has 0 unspecified atom stereocenters. The van der Waals surface area contributed by atoms with E-state index in [1.807, 2.05) is 12.1 Å². The number of fused-ring (bicyclic) bond motifs is 1. The Kier molecular flexibility index (Phi) is 12.4. The van der Waals surface area contributed by atoms with Gasteiger partial charge in [-0.05, 0) is 44.4 Å². The van der Waals surface area contributed by atoms with E-state index in [0.717, 1.165) is 44.5 Å². The van der Waals surface area contributed by atoms with Crippen molar-refractivity contribution < 1.29 is 28.4 Å². The van der Waals surface area contributed by atoms with Crippen LogP contribution in [0.25, 0.3) is 11.0 Å². The molecule has 216 valence electrons. The number of nitrogens with zero attached hydrogens (tertiary/aromatic N) is 6. The SMILES string of the molecule is [CH2-]C(=O)N1CCN(c2ccc(Nc3ncc4c(C)c(C(C)=O)c(=O)n(C5CCCC5)c4n3)nc2)CC1.[CH2-]CN.[CH3-].[Li+]. The number of aromatic nitrogens is 4. The topological polar surface area (TPSA) is 139 Å². The number of aryl methyl sites for hydroxylation is 1. The zero-order valence-electron chi connectivity index (χ0n) is 24.7. The molecule has 0 spiro atoms. The number of amides is 1. The van der Waals surface area contributed by atoms with Crippen LogP contribution in [0.5, 0.6) is 0 Å². The van der Waals surface area contributed by atoms with Crippen molar-refractivity contribution in [2.45, 2.75) is 45.6 Å². The Bertz CT molecular complexity index is 1400. The first-order valence-corrected chi connectivity index (χ1v) is 13.3. The van der Waals surface area contributed by atoms with E-state index in [4.69, 9.17) is 10.7 Å². The maximum Gasteiger partial charge on any atom is 1.00 e. The molecule has 3 aromatic heterocycles. The van der Waals surface area contributed by atoms with E-state index in [1.54, 1.807) is 28.8 Å². The summed E-state index contributed by atoms with van der Waals surface area (Å²) in [4.78, 5) is 54.7. The van der Waals surface area contributed by atoms with Gasteiger partial charge in [-0.25, -0.2) is 9.97 Å². The molecule has 1 aliphatic carbocycles. The molecule has 12 heteroatoms. The molecule has 3 aromatic rings. The average molecular weight is 555 g/mol. The minimum absolute atomic E-state index is 0. The summed E-state index contributed by atoms with van der Waals surface area (Å²) in [5.41, 5.74) is 6.81. The summed E-state index contributed by atoms with van der Waals surface area (Å²) in [7, 11) is 0. The van der Waals surface area contributed by atoms with Crippen LogP contribution in [0.3, 0.4) is 0 Å². The number of anilines is 3. The Morgan fingerprint density at radius 1 is 1.10 bits per heavy atom. The number of piperazine rings is 1. The van der Waals surface area contributed by atoms with Gasteiger partial charge >= 0.3 is 18.9 Å². The molecular formula is C29H39LiN8O3-2. The van der Waals surface area contributed by atoms with Crippen LogP contribution in [-0.4, -0.2) is 68.8 Å². The van der Waals surface area contributed by atoms with Gasteiger partial charge in [-0.3, -0.25) is 14.2 Å². The second-order valence-corrected chi connectivity index (χ2v) is 9.78. The third-order valence-electron chi connectivity index (χ3n) is 7.24. The van der Waals surface area contributed by atoms with Gasteiger partial charge in [0.2, 0.25) is 5.95 Å². The Balaban J connectivity index is 0.00000113. The quantitative estimate of drug-likeness (QED) is 0.259. The fourth-order valence-corrected chi connectivity index (χ4v) is 5.28. The number of carbonyl (C=O) groups excluding carboxylic acids is 2. The van der Waals surface area contributed by atoms with Gasteiger partial charge in [0.25, 0.3) is 5.56 Å². The monoisotopic (exact) mass is 554 g/mol. The van der Waals surface area contributed by atoms with Gasteiger partial charge in [0.1, 0.15) is 11.5 Å². The third-order valence-corrected chi connectivity index (χ3v) is 7.24. The number of Topliss-reactive ketones (excluding diaryl/α,β-unsaturated/α-hetero) is 1. The molecule has 2 aliphatic rings. The molecule has 1 amide bonds. The van der Waals surface area contributed by atoms with E-state index in [-0.39, 0.29) is 55.1 Å². The van der Waals surface area contributed by atoms with Crippen molar-refractivity contribution in [2.24, 2.45) is 5.73 Å². The first-order chi connectivity index (χ1) is 18.7. The minimum atomic E-state index is -0.271. The summed E-state index contributed by atoms with van der Waals surface area (Å²) >= 11 is 0. The van der Waals surface area contributed by atoms with E-state index < -0.39 is 0 Å². The second-order valence-electron chi connectivity index (χ2n) is 9.78. The number of ketones is 1. The van der Waals surface area contributed by atoms with Gasteiger partial charge in [-0.15, -0.1) is 6.54 Å². The van der Waals surface area contributed by atoms with Crippen LogP contribution in [0.2, 0.25) is 0 Å². The van der Waals surface area contributed by atoms with Gasteiger partial charge in [-0.1, -0.05) is 12.8 Å². The maximum absolute atomic E-state index is 13.4. The summed E-state index contributed by atoms with van der Waals surface area (Å²) in [6.07, 6.45) is 7.34. The van der Waals surface area contributed by atoms with E-state index in [1.165, 1.54) is 6.92 Å². The number of nitrogens with two attached hydrogens (primary N) is 1. The number of hydrogen-bond acceptors (Lipinski definition) is 9. The summed E-state index contributed by atoms with van der Waals surface area (Å²) in [5, 5.41) is 3.86. The predicted octanol–water partition coefficient (Wildman–Crippen LogP) is 0.272. The van der Waals surface area contributed by atoms with Gasteiger partial charge in [0.05, 0.1) is 23.4 Å². The van der Waals surface area contributed by atoms with Crippen molar-refractivity contribution in [1.29, 1.82) is 0 Å². The Hall–Kier alpha value is -3.39. The Morgan fingerprint density at radius 3 is 2.27 bits per heavy atom. The van der Waals surface area contributed by atoms with E-state index >= 15 is 0 Å². The van der Waals surface area contributed by atoms with Crippen molar-refractivity contribution in [1.82, 2.24) is 24.4 Å². The van der Waals surface area contributed by atoms with Crippen LogP contribution in [-0.2, 0) is 4.79 Å². The van der Waals surface area contributed by atoms with E-state index in [9.17, 15) is 14.4 Å². The van der Waals surface area contributed by atoms with Crippen molar-refractivity contribution in [3.05, 3.63) is 67.3 Å². The molecular weight excluding hydrogens is 515 g/mol. The summed E-state index contributed by atoms with van der Waals surface area (Å²) in [6.45, 7) is 13.2. The molecule has 0 radical (unpaired) electrons. The molecule has 1 aliphatic heterocycles. The van der Waals surface area contributed by atoms with Crippen LogP contribution in [0.4, 0.5) is 17.5 Å². The van der Waals surface area contributed by atoms with Gasteiger partial charge < -0.3 is 46.9 Å². The average Bonchev–Trinajstić information content (AvgIpc) is 3.44. The first-order valence-electron chi connectivity index (χ1n) is 13.3. The largest absolute Gasteiger partial charge is 1.00 e. The zero-order chi connectivity index (χ0) is 28.1. The Morgan fingerprint density at radius 2 is 1.73 bits per heavy atom. The number of pyridine rings is 2. The van der Waals surface area contributed by atoms with Crippen LogP contribution in [0, 0.1) is 28.2 Å². The fraction of sp³-hybridized carbons (Fsp3) is 0.414. The summed E-state index contributed by atoms with van der Waals surface area (Å²) < 4.78 is 1.70. The molecule has 0 atom stereocenters. The van der Waals surface area contributed by atoms with Gasteiger partial charge in [-0.2, -0.15) is 4.98 Å². The van der Waals surface area contributed by atoms with Crippen LogP contribution < -0.4 is 40.4 Å². The number of nitrogens with one attached hydrogen (secondary N) is 1. The molecule has 11 nitrogen and oxygen atoms in total. The first kappa shape index (κ1) is 33.8. The van der Waals surface area contributed by atoms with Gasteiger partial charge in [0, 0.05) is 43.8 Å². The van der Waals surface area contributed by atoms with Gasteiger partial charge in [0.15, 0.2) is 5.78 Å². The van der Waals surface area contributed by atoms with Crippen LogP contribution >= 0.6 is 0 Å².